The van der Waals surface area contributed by atoms with E-state index in [1.807, 2.05) is 31.2 Å². The topological polar surface area (TPSA) is 55.4 Å². The molecule has 0 bridgehead atoms. The maximum Gasteiger partial charge on any atom is 0.310 e. The molecule has 2 rings (SSSR count). The summed E-state index contributed by atoms with van der Waals surface area (Å²) in [4.78, 5) is 23.4. The van der Waals surface area contributed by atoms with Crippen LogP contribution in [0.15, 0.2) is 48.5 Å². The van der Waals surface area contributed by atoms with E-state index in [9.17, 15) is 9.59 Å². The third-order valence-electron chi connectivity index (χ3n) is 2.94. The van der Waals surface area contributed by atoms with Crippen molar-refractivity contribution in [3.63, 3.8) is 0 Å². The first-order valence-corrected chi connectivity index (χ1v) is 7.18. The predicted octanol–water partition coefficient (Wildman–Crippen LogP) is 3.37. The number of nitrogens with one attached hydrogen (secondary N) is 1. The first kappa shape index (κ1) is 16.0. The third-order valence-corrected chi connectivity index (χ3v) is 3.27. The Morgan fingerprint density at radius 2 is 1.91 bits per heavy atom. The molecule has 0 heterocycles. The van der Waals surface area contributed by atoms with Crippen molar-refractivity contribution in [1.82, 2.24) is 0 Å². The third kappa shape index (κ3) is 4.90. The van der Waals surface area contributed by atoms with Crippen molar-refractivity contribution in [1.29, 1.82) is 0 Å². The number of para-hydroxylation sites is 1. The predicted molar refractivity (Wildman–Crippen MR) is 85.9 cm³/mol. The van der Waals surface area contributed by atoms with E-state index in [0.717, 1.165) is 11.1 Å². The number of carbonyl (C=O) groups excluding carboxylic acids is 2. The molecule has 0 aromatic heterocycles. The summed E-state index contributed by atoms with van der Waals surface area (Å²) < 4.78 is 4.97. The molecule has 2 aromatic carbocycles. The molecule has 4 nitrogen and oxygen atoms in total. The quantitative estimate of drug-likeness (QED) is 0.860. The number of rotatable bonds is 5. The van der Waals surface area contributed by atoms with Crippen molar-refractivity contribution >= 4 is 29.2 Å². The number of anilines is 1. The summed E-state index contributed by atoms with van der Waals surface area (Å²) in [5.41, 5.74) is 2.42. The van der Waals surface area contributed by atoms with Gasteiger partial charge in [-0.05, 0) is 24.6 Å². The number of amides is 1. The zero-order valence-electron chi connectivity index (χ0n) is 12.1. The zero-order chi connectivity index (χ0) is 15.9. The maximum atomic E-state index is 11.7. The maximum absolute atomic E-state index is 11.7. The number of ether oxygens (including phenoxy) is 1. The zero-order valence-corrected chi connectivity index (χ0v) is 12.9. The van der Waals surface area contributed by atoms with E-state index in [1.165, 1.54) is 0 Å². The van der Waals surface area contributed by atoms with E-state index in [0.29, 0.717) is 10.7 Å². The molecule has 0 aliphatic rings. The number of benzene rings is 2. The number of aryl methyl sites for hydroxylation is 1. The molecular formula is C17H16ClNO3. The molecule has 0 radical (unpaired) electrons. The van der Waals surface area contributed by atoms with Gasteiger partial charge in [0.15, 0.2) is 6.61 Å². The Morgan fingerprint density at radius 3 is 2.64 bits per heavy atom. The second-order valence-electron chi connectivity index (χ2n) is 4.85. The van der Waals surface area contributed by atoms with Gasteiger partial charge >= 0.3 is 5.97 Å². The Bertz CT molecular complexity index is 685. The number of hydrogen-bond donors (Lipinski definition) is 1. The number of esters is 1. The highest BCUT2D eigenvalue weighted by Gasteiger charge is 2.10. The number of halogens is 1. The molecule has 0 spiro atoms. The lowest BCUT2D eigenvalue weighted by Gasteiger charge is -2.08. The summed E-state index contributed by atoms with van der Waals surface area (Å²) in [5.74, 6) is -0.870. The molecule has 0 aliphatic carbocycles. The van der Waals surface area contributed by atoms with Gasteiger partial charge in [0.05, 0.1) is 17.1 Å². The number of hydrogen-bond acceptors (Lipinski definition) is 3. The van der Waals surface area contributed by atoms with Crippen molar-refractivity contribution in [2.75, 3.05) is 11.9 Å². The Balaban J connectivity index is 1.81. The van der Waals surface area contributed by atoms with E-state index in [2.05, 4.69) is 5.32 Å². The van der Waals surface area contributed by atoms with Crippen molar-refractivity contribution in [3.8, 4) is 0 Å². The van der Waals surface area contributed by atoms with Gasteiger partial charge in [-0.3, -0.25) is 9.59 Å². The molecule has 0 saturated heterocycles. The van der Waals surface area contributed by atoms with Gasteiger partial charge in [0.1, 0.15) is 0 Å². The lowest BCUT2D eigenvalue weighted by atomic mass is 10.1. The van der Waals surface area contributed by atoms with Gasteiger partial charge in [0.25, 0.3) is 5.91 Å². The summed E-state index contributed by atoms with van der Waals surface area (Å²) in [5, 5.41) is 3.02. The lowest BCUT2D eigenvalue weighted by Crippen LogP contribution is -2.21. The molecule has 0 atom stereocenters. The van der Waals surface area contributed by atoms with E-state index in [-0.39, 0.29) is 13.0 Å². The molecule has 5 heteroatoms. The summed E-state index contributed by atoms with van der Waals surface area (Å²) in [7, 11) is 0. The van der Waals surface area contributed by atoms with E-state index < -0.39 is 11.9 Å². The van der Waals surface area contributed by atoms with Crippen LogP contribution < -0.4 is 5.32 Å². The van der Waals surface area contributed by atoms with Crippen LogP contribution in [-0.2, 0) is 20.7 Å². The average molecular weight is 318 g/mol. The van der Waals surface area contributed by atoms with Gasteiger partial charge in [0.2, 0.25) is 0 Å². The minimum Gasteiger partial charge on any atom is -0.455 e. The molecule has 0 aliphatic heterocycles. The number of carbonyl (C=O) groups is 2. The Labute approximate surface area is 134 Å². The monoisotopic (exact) mass is 317 g/mol. The van der Waals surface area contributed by atoms with Crippen molar-refractivity contribution in [3.05, 3.63) is 64.7 Å². The van der Waals surface area contributed by atoms with Crippen LogP contribution in [0.1, 0.15) is 11.1 Å². The molecule has 1 amide bonds. The van der Waals surface area contributed by atoms with Gasteiger partial charge in [0, 0.05) is 0 Å². The largest absolute Gasteiger partial charge is 0.455 e. The minimum atomic E-state index is -0.445. The highest BCUT2D eigenvalue weighted by molar-refractivity contribution is 6.33. The van der Waals surface area contributed by atoms with Gasteiger partial charge < -0.3 is 10.1 Å². The molecule has 1 N–H and O–H groups in total. The smallest absolute Gasteiger partial charge is 0.310 e. The average Bonchev–Trinajstić information content (AvgIpc) is 2.48. The summed E-state index contributed by atoms with van der Waals surface area (Å²) in [6, 6.07) is 14.4. The van der Waals surface area contributed by atoms with Crippen LogP contribution in [0.5, 0.6) is 0 Å². The van der Waals surface area contributed by atoms with Crippen LogP contribution in [0, 0.1) is 6.92 Å². The molecular weight excluding hydrogens is 302 g/mol. The van der Waals surface area contributed by atoms with E-state index in [4.69, 9.17) is 16.3 Å². The van der Waals surface area contributed by atoms with Crippen LogP contribution >= 0.6 is 11.6 Å². The van der Waals surface area contributed by atoms with Gasteiger partial charge in [-0.25, -0.2) is 0 Å². The molecule has 0 fully saturated rings. The minimum absolute atomic E-state index is 0.140. The second-order valence-corrected chi connectivity index (χ2v) is 5.26. The standard InChI is InChI=1S/C17H16ClNO3/c1-12-5-4-6-13(9-12)10-17(21)22-11-16(20)19-15-8-3-2-7-14(15)18/h2-9H,10-11H2,1H3,(H,19,20). The Hall–Kier alpha value is -2.33. The molecule has 0 saturated carbocycles. The highest BCUT2D eigenvalue weighted by Crippen LogP contribution is 2.20. The molecule has 114 valence electrons. The van der Waals surface area contributed by atoms with Gasteiger partial charge in [-0.1, -0.05) is 53.6 Å². The normalized spacial score (nSPS) is 10.1. The van der Waals surface area contributed by atoms with Crippen LogP contribution in [0.2, 0.25) is 5.02 Å². The van der Waals surface area contributed by atoms with Crippen LogP contribution in [0.3, 0.4) is 0 Å². The summed E-state index contributed by atoms with van der Waals surface area (Å²) in [6.45, 7) is 1.61. The van der Waals surface area contributed by atoms with Crippen molar-refractivity contribution in [2.45, 2.75) is 13.3 Å². The fourth-order valence-electron chi connectivity index (χ4n) is 1.93. The first-order chi connectivity index (χ1) is 10.5. The summed E-state index contributed by atoms with van der Waals surface area (Å²) >= 11 is 5.93. The van der Waals surface area contributed by atoms with Crippen LogP contribution in [0.25, 0.3) is 0 Å². The first-order valence-electron chi connectivity index (χ1n) is 6.80. The van der Waals surface area contributed by atoms with E-state index >= 15 is 0 Å². The van der Waals surface area contributed by atoms with E-state index in [1.54, 1.807) is 24.3 Å². The lowest BCUT2D eigenvalue weighted by molar-refractivity contribution is -0.146. The van der Waals surface area contributed by atoms with Gasteiger partial charge in [-0.15, -0.1) is 0 Å². The van der Waals surface area contributed by atoms with Crippen LogP contribution in [-0.4, -0.2) is 18.5 Å². The summed E-state index contributed by atoms with van der Waals surface area (Å²) in [6.07, 6.45) is 0.140. The highest BCUT2D eigenvalue weighted by atomic mass is 35.5. The SMILES string of the molecule is Cc1cccc(CC(=O)OCC(=O)Nc2ccccc2Cl)c1. The fraction of sp³-hybridized carbons (Fsp3) is 0.176. The molecule has 0 unspecified atom stereocenters. The van der Waals surface area contributed by atoms with Crippen molar-refractivity contribution < 1.29 is 14.3 Å². The Kier molecular flexibility index (Phi) is 5.55. The second kappa shape index (κ2) is 7.61. The van der Waals surface area contributed by atoms with Crippen molar-refractivity contribution in [2.24, 2.45) is 0 Å². The molecule has 22 heavy (non-hydrogen) atoms. The van der Waals surface area contributed by atoms with Crippen LogP contribution in [0.4, 0.5) is 5.69 Å². The van der Waals surface area contributed by atoms with Gasteiger partial charge in [-0.2, -0.15) is 0 Å². The fourth-order valence-corrected chi connectivity index (χ4v) is 2.12. The Morgan fingerprint density at radius 1 is 1.14 bits per heavy atom. The molecule has 2 aromatic rings.